The van der Waals surface area contributed by atoms with Crippen LogP contribution >= 0.6 is 12.4 Å². The van der Waals surface area contributed by atoms with Crippen LogP contribution in [0.3, 0.4) is 0 Å². The van der Waals surface area contributed by atoms with Gasteiger partial charge in [0.2, 0.25) is 5.91 Å². The Kier molecular flexibility index (Phi) is 7.25. The first kappa shape index (κ1) is 19.2. The number of piperidine rings is 1. The SMILES string of the molecule is CC1CNCCC1NC(=O)CN(C)c1ccccc1[N+](=O)[O-].Cl. The van der Waals surface area contributed by atoms with Crippen molar-refractivity contribution in [3.63, 3.8) is 0 Å². The molecule has 7 nitrogen and oxygen atoms in total. The molecule has 0 aliphatic carbocycles. The molecule has 2 rings (SSSR count). The van der Waals surface area contributed by atoms with Crippen molar-refractivity contribution in [2.45, 2.75) is 19.4 Å². The summed E-state index contributed by atoms with van der Waals surface area (Å²) >= 11 is 0. The molecule has 1 heterocycles. The maximum absolute atomic E-state index is 12.2. The van der Waals surface area contributed by atoms with Crippen LogP contribution in [0.2, 0.25) is 0 Å². The van der Waals surface area contributed by atoms with Gasteiger partial charge in [-0.15, -0.1) is 12.4 Å². The number of likely N-dealkylation sites (N-methyl/N-ethyl adjacent to an activating group) is 1. The van der Waals surface area contributed by atoms with E-state index in [4.69, 9.17) is 0 Å². The molecule has 2 unspecified atom stereocenters. The van der Waals surface area contributed by atoms with Gasteiger partial charge in [-0.25, -0.2) is 0 Å². The van der Waals surface area contributed by atoms with Crippen molar-refractivity contribution in [2.24, 2.45) is 5.92 Å². The molecule has 1 aromatic rings. The molecule has 2 N–H and O–H groups in total. The van der Waals surface area contributed by atoms with Gasteiger partial charge in [0.25, 0.3) is 5.69 Å². The lowest BCUT2D eigenvalue weighted by molar-refractivity contribution is -0.384. The molecule has 2 atom stereocenters. The highest BCUT2D eigenvalue weighted by Gasteiger charge is 2.24. The molecule has 23 heavy (non-hydrogen) atoms. The zero-order chi connectivity index (χ0) is 16.1. The summed E-state index contributed by atoms with van der Waals surface area (Å²) in [5.41, 5.74) is 0.453. The lowest BCUT2D eigenvalue weighted by Gasteiger charge is -2.31. The second-order valence-electron chi connectivity index (χ2n) is 5.75. The Hall–Kier alpha value is -1.86. The highest BCUT2D eigenvalue weighted by atomic mass is 35.5. The van der Waals surface area contributed by atoms with E-state index < -0.39 is 4.92 Å². The third kappa shape index (κ3) is 5.07. The molecule has 1 amide bonds. The van der Waals surface area contributed by atoms with Gasteiger partial charge in [0.15, 0.2) is 0 Å². The normalized spacial score (nSPS) is 20.3. The first-order valence-corrected chi connectivity index (χ1v) is 7.43. The van der Waals surface area contributed by atoms with Crippen LogP contribution in [0.4, 0.5) is 11.4 Å². The number of nitro benzene ring substituents is 1. The molecule has 0 saturated carbocycles. The monoisotopic (exact) mass is 342 g/mol. The van der Waals surface area contributed by atoms with Gasteiger partial charge in [-0.2, -0.15) is 0 Å². The van der Waals surface area contributed by atoms with Crippen LogP contribution in [0.5, 0.6) is 0 Å². The van der Waals surface area contributed by atoms with Crippen LogP contribution in [0.15, 0.2) is 24.3 Å². The van der Waals surface area contributed by atoms with Gasteiger partial charge < -0.3 is 15.5 Å². The average molecular weight is 343 g/mol. The number of carbonyl (C=O) groups is 1. The highest BCUT2D eigenvalue weighted by molar-refractivity contribution is 5.85. The molecular weight excluding hydrogens is 320 g/mol. The molecule has 128 valence electrons. The van der Waals surface area contributed by atoms with Crippen LogP contribution in [-0.4, -0.2) is 43.6 Å². The van der Waals surface area contributed by atoms with Crippen molar-refractivity contribution in [2.75, 3.05) is 31.6 Å². The Bertz CT molecular complexity index is 555. The molecule has 1 saturated heterocycles. The maximum atomic E-state index is 12.2. The van der Waals surface area contributed by atoms with Crippen molar-refractivity contribution in [1.82, 2.24) is 10.6 Å². The molecule has 1 aliphatic heterocycles. The first-order chi connectivity index (χ1) is 10.5. The number of nitrogens with one attached hydrogen (secondary N) is 2. The van der Waals surface area contributed by atoms with Crippen LogP contribution in [0.25, 0.3) is 0 Å². The fraction of sp³-hybridized carbons (Fsp3) is 0.533. The predicted molar refractivity (Wildman–Crippen MR) is 92.2 cm³/mol. The Morgan fingerprint density at radius 1 is 1.48 bits per heavy atom. The van der Waals surface area contributed by atoms with Crippen molar-refractivity contribution in [3.8, 4) is 0 Å². The molecule has 8 heteroatoms. The number of carbonyl (C=O) groups excluding carboxylic acids is 1. The van der Waals surface area contributed by atoms with E-state index in [9.17, 15) is 14.9 Å². The summed E-state index contributed by atoms with van der Waals surface area (Å²) in [6.07, 6.45) is 0.905. The minimum Gasteiger partial charge on any atom is -0.360 e. The molecule has 0 spiro atoms. The van der Waals surface area contributed by atoms with Crippen molar-refractivity contribution in [3.05, 3.63) is 34.4 Å². The smallest absolute Gasteiger partial charge is 0.292 e. The van der Waals surface area contributed by atoms with Crippen molar-refractivity contribution in [1.29, 1.82) is 0 Å². The Labute approximate surface area is 142 Å². The Balaban J connectivity index is 0.00000264. The number of para-hydroxylation sites is 2. The Morgan fingerprint density at radius 2 is 2.17 bits per heavy atom. The quantitative estimate of drug-likeness (QED) is 0.626. The van der Waals surface area contributed by atoms with Gasteiger partial charge >= 0.3 is 0 Å². The summed E-state index contributed by atoms with van der Waals surface area (Å²) < 4.78 is 0. The van der Waals surface area contributed by atoms with Gasteiger partial charge in [-0.05, 0) is 31.5 Å². The molecular formula is C15H23ClN4O3. The summed E-state index contributed by atoms with van der Waals surface area (Å²) in [4.78, 5) is 24.4. The summed E-state index contributed by atoms with van der Waals surface area (Å²) in [6.45, 7) is 3.99. The molecule has 1 aromatic carbocycles. The van der Waals surface area contributed by atoms with E-state index in [1.54, 1.807) is 30.1 Å². The minimum atomic E-state index is -0.432. The third-order valence-corrected chi connectivity index (χ3v) is 4.00. The number of hydrogen-bond donors (Lipinski definition) is 2. The van der Waals surface area contributed by atoms with Crippen molar-refractivity contribution < 1.29 is 9.72 Å². The first-order valence-electron chi connectivity index (χ1n) is 7.43. The number of rotatable bonds is 5. The number of nitrogens with zero attached hydrogens (tertiary/aromatic N) is 2. The topological polar surface area (TPSA) is 87.5 Å². The minimum absolute atomic E-state index is 0. The van der Waals surface area contributed by atoms with Gasteiger partial charge in [0, 0.05) is 19.2 Å². The second-order valence-corrected chi connectivity index (χ2v) is 5.75. The van der Waals surface area contributed by atoms with Crippen molar-refractivity contribution >= 4 is 29.7 Å². The van der Waals surface area contributed by atoms with E-state index in [2.05, 4.69) is 17.6 Å². The van der Waals surface area contributed by atoms with Crippen LogP contribution in [0, 0.1) is 16.0 Å². The lowest BCUT2D eigenvalue weighted by atomic mass is 9.95. The Morgan fingerprint density at radius 3 is 2.83 bits per heavy atom. The predicted octanol–water partition coefficient (Wildman–Crippen LogP) is 1.57. The summed E-state index contributed by atoms with van der Waals surface area (Å²) in [6, 6.07) is 6.60. The van der Waals surface area contributed by atoms with E-state index in [1.807, 2.05) is 0 Å². The number of nitro groups is 1. The number of hydrogen-bond acceptors (Lipinski definition) is 5. The van der Waals surface area contributed by atoms with Crippen LogP contribution in [-0.2, 0) is 4.79 Å². The van der Waals surface area contributed by atoms with Gasteiger partial charge in [-0.1, -0.05) is 19.1 Å². The number of halogens is 1. The lowest BCUT2D eigenvalue weighted by Crippen LogP contribution is -2.50. The zero-order valence-corrected chi connectivity index (χ0v) is 14.1. The van der Waals surface area contributed by atoms with E-state index in [0.29, 0.717) is 11.6 Å². The van der Waals surface area contributed by atoms with Crippen LogP contribution < -0.4 is 15.5 Å². The third-order valence-electron chi connectivity index (χ3n) is 4.00. The van der Waals surface area contributed by atoms with Gasteiger partial charge in [0.05, 0.1) is 11.5 Å². The molecule has 0 bridgehead atoms. The summed E-state index contributed by atoms with van der Waals surface area (Å²) in [5.74, 6) is 0.272. The zero-order valence-electron chi connectivity index (χ0n) is 13.3. The maximum Gasteiger partial charge on any atom is 0.292 e. The summed E-state index contributed by atoms with van der Waals surface area (Å²) in [5, 5.41) is 17.4. The van der Waals surface area contributed by atoms with E-state index >= 15 is 0 Å². The van der Waals surface area contributed by atoms with E-state index in [0.717, 1.165) is 19.5 Å². The molecule has 1 fully saturated rings. The van der Waals surface area contributed by atoms with Crippen LogP contribution in [0.1, 0.15) is 13.3 Å². The fourth-order valence-corrected chi connectivity index (χ4v) is 2.72. The highest BCUT2D eigenvalue weighted by Crippen LogP contribution is 2.26. The molecule has 0 aromatic heterocycles. The number of anilines is 1. The summed E-state index contributed by atoms with van der Waals surface area (Å²) in [7, 11) is 1.69. The van der Waals surface area contributed by atoms with E-state index in [-0.39, 0.29) is 36.6 Å². The molecule has 1 aliphatic rings. The van der Waals surface area contributed by atoms with Gasteiger partial charge in [0.1, 0.15) is 5.69 Å². The molecule has 0 radical (unpaired) electrons. The fourth-order valence-electron chi connectivity index (χ4n) is 2.72. The average Bonchev–Trinajstić information content (AvgIpc) is 2.49. The standard InChI is InChI=1S/C15H22N4O3.ClH/c1-11-9-16-8-7-12(11)17-15(20)10-18(2)13-5-3-4-6-14(13)19(21)22;/h3-6,11-12,16H,7-10H2,1-2H3,(H,17,20);1H. The number of benzene rings is 1. The van der Waals surface area contributed by atoms with Gasteiger partial charge in [-0.3, -0.25) is 14.9 Å². The number of amides is 1. The van der Waals surface area contributed by atoms with E-state index in [1.165, 1.54) is 6.07 Å². The second kappa shape index (κ2) is 8.69. The largest absolute Gasteiger partial charge is 0.360 e.